The summed E-state index contributed by atoms with van der Waals surface area (Å²) in [5, 5.41) is 6.76. The minimum Gasteiger partial charge on any atom is -0.444 e. The molecule has 170 valence electrons. The Balaban J connectivity index is 0.00000420. The second kappa shape index (κ2) is 13.5. The zero-order valence-electron chi connectivity index (χ0n) is 18.5. The number of hydrogen-bond donors (Lipinski definition) is 2. The maximum Gasteiger partial charge on any atom is 0.410 e. The van der Waals surface area contributed by atoms with E-state index < -0.39 is 5.60 Å². The van der Waals surface area contributed by atoms with Crippen LogP contribution in [0.3, 0.4) is 0 Å². The summed E-state index contributed by atoms with van der Waals surface area (Å²) in [7, 11) is 0. The maximum absolute atomic E-state index is 12.2. The zero-order valence-corrected chi connectivity index (χ0v) is 20.9. The number of halogens is 1. The number of nitrogens with zero attached hydrogens (tertiary/aromatic N) is 3. The van der Waals surface area contributed by atoms with E-state index in [0.29, 0.717) is 5.92 Å². The number of likely N-dealkylation sites (tertiary alicyclic amines) is 1. The molecular formula is C20H40IN5O3. The number of guanidine groups is 1. The van der Waals surface area contributed by atoms with E-state index in [1.54, 1.807) is 0 Å². The van der Waals surface area contributed by atoms with Crippen molar-refractivity contribution >= 4 is 36.0 Å². The molecule has 0 bridgehead atoms. The number of morpholine rings is 1. The van der Waals surface area contributed by atoms with Gasteiger partial charge in [-0.1, -0.05) is 0 Å². The summed E-state index contributed by atoms with van der Waals surface area (Å²) >= 11 is 0. The fourth-order valence-electron chi connectivity index (χ4n) is 3.34. The van der Waals surface area contributed by atoms with E-state index in [-0.39, 0.29) is 30.1 Å². The van der Waals surface area contributed by atoms with Crippen molar-refractivity contribution < 1.29 is 14.3 Å². The van der Waals surface area contributed by atoms with Crippen LogP contribution in [0, 0.1) is 5.92 Å². The molecule has 2 N–H and O–H groups in total. The van der Waals surface area contributed by atoms with Crippen molar-refractivity contribution in [3.8, 4) is 0 Å². The predicted molar refractivity (Wildman–Crippen MR) is 127 cm³/mol. The van der Waals surface area contributed by atoms with Gasteiger partial charge in [0.05, 0.1) is 13.2 Å². The summed E-state index contributed by atoms with van der Waals surface area (Å²) in [5.41, 5.74) is -0.439. The molecule has 29 heavy (non-hydrogen) atoms. The SMILES string of the molecule is CCNC(=NCC1CCN(C(=O)OC(C)(C)C)CC1)NCCN1CCOCC1.I. The molecule has 2 aliphatic rings. The highest BCUT2D eigenvalue weighted by Gasteiger charge is 2.26. The Hall–Kier alpha value is -0.810. The van der Waals surface area contributed by atoms with Gasteiger partial charge in [0.1, 0.15) is 5.60 Å². The first kappa shape index (κ1) is 26.2. The lowest BCUT2D eigenvalue weighted by Crippen LogP contribution is -2.45. The van der Waals surface area contributed by atoms with Gasteiger partial charge in [0.15, 0.2) is 5.96 Å². The molecule has 0 aromatic carbocycles. The molecule has 0 aromatic heterocycles. The van der Waals surface area contributed by atoms with Crippen LogP contribution >= 0.6 is 24.0 Å². The number of aliphatic imine (C=N–C) groups is 1. The van der Waals surface area contributed by atoms with Crippen molar-refractivity contribution in [2.24, 2.45) is 10.9 Å². The largest absolute Gasteiger partial charge is 0.444 e. The highest BCUT2D eigenvalue weighted by molar-refractivity contribution is 14.0. The molecule has 2 saturated heterocycles. The fourth-order valence-corrected chi connectivity index (χ4v) is 3.34. The summed E-state index contributed by atoms with van der Waals surface area (Å²) < 4.78 is 10.9. The van der Waals surface area contributed by atoms with E-state index in [1.165, 1.54) is 0 Å². The Labute approximate surface area is 193 Å². The van der Waals surface area contributed by atoms with E-state index in [1.807, 2.05) is 25.7 Å². The molecule has 2 fully saturated rings. The van der Waals surface area contributed by atoms with Gasteiger partial charge in [-0.15, -0.1) is 24.0 Å². The molecule has 0 aromatic rings. The Morgan fingerprint density at radius 2 is 1.79 bits per heavy atom. The van der Waals surface area contributed by atoms with Crippen LogP contribution in [0.1, 0.15) is 40.5 Å². The molecule has 1 amide bonds. The van der Waals surface area contributed by atoms with Crippen LogP contribution in [-0.4, -0.2) is 93.0 Å². The summed E-state index contributed by atoms with van der Waals surface area (Å²) in [6.07, 6.45) is 1.74. The molecule has 2 heterocycles. The quantitative estimate of drug-likeness (QED) is 0.315. The van der Waals surface area contributed by atoms with Crippen molar-refractivity contribution in [2.45, 2.75) is 46.1 Å². The lowest BCUT2D eigenvalue weighted by molar-refractivity contribution is 0.0187. The highest BCUT2D eigenvalue weighted by Crippen LogP contribution is 2.19. The van der Waals surface area contributed by atoms with Crippen LogP contribution in [0.2, 0.25) is 0 Å². The summed E-state index contributed by atoms with van der Waals surface area (Å²) in [6.45, 7) is 16.5. The van der Waals surface area contributed by atoms with E-state index in [9.17, 15) is 4.79 Å². The van der Waals surface area contributed by atoms with Crippen molar-refractivity contribution in [1.82, 2.24) is 20.4 Å². The predicted octanol–water partition coefficient (Wildman–Crippen LogP) is 2.14. The van der Waals surface area contributed by atoms with Crippen molar-refractivity contribution in [3.05, 3.63) is 0 Å². The average Bonchev–Trinajstić information content (AvgIpc) is 2.66. The summed E-state index contributed by atoms with van der Waals surface area (Å²) in [4.78, 5) is 21.2. The normalized spacial score (nSPS) is 19.4. The summed E-state index contributed by atoms with van der Waals surface area (Å²) in [6, 6.07) is 0. The van der Waals surface area contributed by atoms with Crippen LogP contribution in [-0.2, 0) is 9.47 Å². The monoisotopic (exact) mass is 525 g/mol. The van der Waals surface area contributed by atoms with Gasteiger partial charge in [-0.2, -0.15) is 0 Å². The van der Waals surface area contributed by atoms with Gasteiger partial charge in [0.2, 0.25) is 0 Å². The molecule has 8 nitrogen and oxygen atoms in total. The zero-order chi connectivity index (χ0) is 20.4. The summed E-state index contributed by atoms with van der Waals surface area (Å²) in [5.74, 6) is 1.39. The molecule has 0 radical (unpaired) electrons. The van der Waals surface area contributed by atoms with E-state index in [4.69, 9.17) is 14.5 Å². The number of nitrogens with one attached hydrogen (secondary N) is 2. The second-order valence-corrected chi connectivity index (χ2v) is 8.51. The molecule has 0 saturated carbocycles. The van der Waals surface area contributed by atoms with Gasteiger partial charge in [-0.3, -0.25) is 9.89 Å². The van der Waals surface area contributed by atoms with Crippen molar-refractivity contribution in [2.75, 3.05) is 65.6 Å². The van der Waals surface area contributed by atoms with E-state index in [0.717, 1.165) is 84.4 Å². The van der Waals surface area contributed by atoms with Crippen LogP contribution in [0.5, 0.6) is 0 Å². The molecule has 9 heteroatoms. The van der Waals surface area contributed by atoms with E-state index in [2.05, 4.69) is 22.5 Å². The number of amides is 1. The topological polar surface area (TPSA) is 78.4 Å². The minimum absolute atomic E-state index is 0. The molecule has 0 spiro atoms. The fraction of sp³-hybridized carbons (Fsp3) is 0.900. The van der Waals surface area contributed by atoms with Crippen LogP contribution in [0.25, 0.3) is 0 Å². The first-order valence-electron chi connectivity index (χ1n) is 10.7. The van der Waals surface area contributed by atoms with Gasteiger partial charge < -0.3 is 25.0 Å². The van der Waals surface area contributed by atoms with Gasteiger partial charge in [-0.25, -0.2) is 4.79 Å². The molecule has 2 aliphatic heterocycles. The van der Waals surface area contributed by atoms with Gasteiger partial charge in [-0.05, 0) is 46.5 Å². The van der Waals surface area contributed by atoms with Gasteiger partial charge in [0.25, 0.3) is 0 Å². The number of carbonyl (C=O) groups excluding carboxylic acids is 1. The first-order valence-corrected chi connectivity index (χ1v) is 10.7. The van der Waals surface area contributed by atoms with E-state index >= 15 is 0 Å². The first-order chi connectivity index (χ1) is 13.4. The molecule has 0 atom stereocenters. The Morgan fingerprint density at radius 1 is 1.14 bits per heavy atom. The molecule has 0 aliphatic carbocycles. The number of carbonyl (C=O) groups is 1. The van der Waals surface area contributed by atoms with Gasteiger partial charge >= 0.3 is 6.09 Å². The van der Waals surface area contributed by atoms with Crippen LogP contribution in [0.15, 0.2) is 4.99 Å². The van der Waals surface area contributed by atoms with Gasteiger partial charge in [0, 0.05) is 52.4 Å². The molecule has 2 rings (SSSR count). The lowest BCUT2D eigenvalue weighted by atomic mass is 9.97. The van der Waals surface area contributed by atoms with Crippen molar-refractivity contribution in [1.29, 1.82) is 0 Å². The third-order valence-corrected chi connectivity index (χ3v) is 4.94. The Kier molecular flexibility index (Phi) is 12.2. The minimum atomic E-state index is -0.439. The third-order valence-electron chi connectivity index (χ3n) is 4.94. The smallest absolute Gasteiger partial charge is 0.410 e. The Bertz CT molecular complexity index is 499. The maximum atomic E-state index is 12.2. The number of rotatable bonds is 6. The standard InChI is InChI=1S/C20H39N5O3.HI/c1-5-21-18(22-8-11-24-12-14-27-15-13-24)23-16-17-6-9-25(10-7-17)19(26)28-20(2,3)4;/h17H,5-16H2,1-4H3,(H2,21,22,23);1H. The molecule has 0 unspecified atom stereocenters. The average molecular weight is 525 g/mol. The highest BCUT2D eigenvalue weighted by atomic mass is 127. The number of piperidine rings is 1. The van der Waals surface area contributed by atoms with Crippen molar-refractivity contribution in [3.63, 3.8) is 0 Å². The second-order valence-electron chi connectivity index (χ2n) is 8.51. The van der Waals surface area contributed by atoms with Crippen LogP contribution < -0.4 is 10.6 Å². The van der Waals surface area contributed by atoms with Crippen LogP contribution in [0.4, 0.5) is 4.79 Å². The number of ether oxygens (including phenoxy) is 2. The third kappa shape index (κ3) is 10.7. The number of hydrogen-bond acceptors (Lipinski definition) is 5. The Morgan fingerprint density at radius 3 is 2.38 bits per heavy atom. The lowest BCUT2D eigenvalue weighted by Gasteiger charge is -2.33. The molecular weight excluding hydrogens is 485 g/mol.